The van der Waals surface area contributed by atoms with Gasteiger partial charge in [0.2, 0.25) is 0 Å². The topological polar surface area (TPSA) is 123 Å². The summed E-state index contributed by atoms with van der Waals surface area (Å²) in [4.78, 5) is 20.0. The zero-order valence-electron chi connectivity index (χ0n) is 15.3. The maximum atomic E-state index is 15.5. The molecule has 1 fully saturated rings. The molecular weight excluding hydrogens is 403 g/mol. The zero-order chi connectivity index (χ0) is 21.5. The van der Waals surface area contributed by atoms with Crippen LogP contribution in [0, 0.1) is 23.0 Å². The Bertz CT molecular complexity index is 1120. The summed E-state index contributed by atoms with van der Waals surface area (Å²) in [5, 5.41) is 11.1. The number of hydrogen-bond donors (Lipinski definition) is 2. The maximum absolute atomic E-state index is 15.5. The minimum Gasteiger partial charge on any atom is -0.462 e. The van der Waals surface area contributed by atoms with Crippen LogP contribution in [0.3, 0.4) is 0 Å². The van der Waals surface area contributed by atoms with Crippen molar-refractivity contribution in [1.29, 1.82) is 5.26 Å². The van der Waals surface area contributed by atoms with Crippen LogP contribution in [0.5, 0.6) is 0 Å². The first-order valence-corrected chi connectivity index (χ1v) is 8.70. The number of carbonyl (C=O) groups is 1. The van der Waals surface area contributed by atoms with E-state index in [1.165, 1.54) is 12.1 Å². The van der Waals surface area contributed by atoms with Gasteiger partial charge >= 0.3 is 0 Å². The highest BCUT2D eigenvalue weighted by Crippen LogP contribution is 2.48. The van der Waals surface area contributed by atoms with Gasteiger partial charge in [0.1, 0.15) is 18.5 Å². The molecule has 3 N–H and O–H groups in total. The Kier molecular flexibility index (Phi) is 4.58. The summed E-state index contributed by atoms with van der Waals surface area (Å²) in [6.45, 7) is -1.13. The van der Waals surface area contributed by atoms with Gasteiger partial charge in [0.15, 0.2) is 22.7 Å². The van der Waals surface area contributed by atoms with Crippen LogP contribution in [-0.2, 0) is 15.0 Å². The standard InChI is InChI=1S/C19H14F3N5O3/c20-13-2-1-11(26-16(28)15-14(21)3-10(5-23)6-25-15)4-12(13)19-9-29-7-18(19,22)8-30-17(24)27-19/h1-4,6H,7-9H2,(H2,24,27)(H,26,28). The molecule has 0 saturated carbocycles. The van der Waals surface area contributed by atoms with E-state index < -0.39 is 41.1 Å². The SMILES string of the molecule is N#Cc1cnc(C(=O)Nc2ccc(F)c(C34COCC3(F)COC(N)=N4)c2)c(F)c1. The first-order chi connectivity index (χ1) is 14.3. The first-order valence-electron chi connectivity index (χ1n) is 8.70. The Morgan fingerprint density at radius 3 is 2.77 bits per heavy atom. The lowest BCUT2D eigenvalue weighted by molar-refractivity contribution is 0.00905. The summed E-state index contributed by atoms with van der Waals surface area (Å²) in [6, 6.07) is 5.67. The summed E-state index contributed by atoms with van der Waals surface area (Å²) in [5.74, 6) is -2.72. The van der Waals surface area contributed by atoms with Crippen molar-refractivity contribution in [3.8, 4) is 6.07 Å². The van der Waals surface area contributed by atoms with Crippen LogP contribution in [0.4, 0.5) is 18.9 Å². The monoisotopic (exact) mass is 417 g/mol. The fourth-order valence-electron chi connectivity index (χ4n) is 3.47. The van der Waals surface area contributed by atoms with Gasteiger partial charge in [0.25, 0.3) is 11.9 Å². The van der Waals surface area contributed by atoms with Crippen LogP contribution in [0.25, 0.3) is 0 Å². The van der Waals surface area contributed by atoms with E-state index in [-0.39, 0.29) is 36.0 Å². The van der Waals surface area contributed by atoms with E-state index in [1.807, 2.05) is 0 Å². The molecule has 3 heterocycles. The van der Waals surface area contributed by atoms with Gasteiger partial charge in [-0.25, -0.2) is 23.1 Å². The predicted octanol–water partition coefficient (Wildman–Crippen LogP) is 1.76. The number of pyridine rings is 1. The number of nitriles is 1. The Morgan fingerprint density at radius 2 is 2.03 bits per heavy atom. The molecule has 2 aromatic rings. The van der Waals surface area contributed by atoms with Crippen LogP contribution in [0.2, 0.25) is 0 Å². The number of carbonyl (C=O) groups excluding carboxylic acids is 1. The number of ether oxygens (including phenoxy) is 2. The first kappa shape index (κ1) is 19.7. The molecule has 0 spiro atoms. The quantitative estimate of drug-likeness (QED) is 0.785. The van der Waals surface area contributed by atoms with Gasteiger partial charge < -0.3 is 20.5 Å². The van der Waals surface area contributed by atoms with Crippen molar-refractivity contribution in [2.24, 2.45) is 10.7 Å². The number of nitrogens with one attached hydrogen (secondary N) is 1. The summed E-state index contributed by atoms with van der Waals surface area (Å²) < 4.78 is 54.4. The normalized spacial score (nSPS) is 24.9. The third-order valence-electron chi connectivity index (χ3n) is 4.99. The number of benzene rings is 1. The number of amides is 1. The minimum atomic E-state index is -2.17. The number of nitrogens with zero attached hydrogens (tertiary/aromatic N) is 3. The molecule has 30 heavy (non-hydrogen) atoms. The van der Waals surface area contributed by atoms with E-state index in [2.05, 4.69) is 15.3 Å². The van der Waals surface area contributed by atoms with E-state index in [1.54, 1.807) is 6.07 Å². The smallest absolute Gasteiger partial charge is 0.283 e. The average molecular weight is 417 g/mol. The molecule has 11 heteroatoms. The predicted molar refractivity (Wildman–Crippen MR) is 97.2 cm³/mol. The van der Waals surface area contributed by atoms with Crippen molar-refractivity contribution >= 4 is 17.6 Å². The number of fused-ring (bicyclic) bond motifs is 1. The van der Waals surface area contributed by atoms with Crippen molar-refractivity contribution in [3.63, 3.8) is 0 Å². The van der Waals surface area contributed by atoms with Crippen LogP contribution < -0.4 is 11.1 Å². The number of rotatable bonds is 3. The second-order valence-electron chi connectivity index (χ2n) is 6.87. The molecule has 2 aliphatic heterocycles. The number of hydrogen-bond acceptors (Lipinski definition) is 7. The van der Waals surface area contributed by atoms with Gasteiger partial charge in [-0.3, -0.25) is 4.79 Å². The Hall–Kier alpha value is -3.65. The Balaban J connectivity index is 1.70. The largest absolute Gasteiger partial charge is 0.462 e. The van der Waals surface area contributed by atoms with E-state index in [4.69, 9.17) is 20.5 Å². The summed E-state index contributed by atoms with van der Waals surface area (Å²) in [7, 11) is 0. The van der Waals surface area contributed by atoms with E-state index >= 15 is 4.39 Å². The second-order valence-corrected chi connectivity index (χ2v) is 6.87. The highest BCUT2D eigenvalue weighted by molar-refractivity contribution is 6.03. The molecule has 0 bridgehead atoms. The summed E-state index contributed by atoms with van der Waals surface area (Å²) in [6.07, 6.45) is 1.04. The number of anilines is 1. The molecule has 2 aliphatic rings. The molecular formula is C19H14F3N5O3. The molecule has 4 rings (SSSR count). The van der Waals surface area contributed by atoms with Crippen LogP contribution in [0.15, 0.2) is 35.5 Å². The van der Waals surface area contributed by atoms with Crippen molar-refractivity contribution in [2.75, 3.05) is 25.1 Å². The molecule has 1 saturated heterocycles. The average Bonchev–Trinajstić information content (AvgIpc) is 3.06. The molecule has 8 nitrogen and oxygen atoms in total. The van der Waals surface area contributed by atoms with E-state index in [9.17, 15) is 13.6 Å². The third kappa shape index (κ3) is 3.02. The molecule has 2 atom stereocenters. The highest BCUT2D eigenvalue weighted by atomic mass is 19.1. The molecule has 1 aromatic heterocycles. The fraction of sp³-hybridized carbons (Fsp3) is 0.263. The molecule has 1 amide bonds. The molecule has 154 valence electrons. The van der Waals surface area contributed by atoms with E-state index in [0.717, 1.165) is 18.3 Å². The number of aromatic nitrogens is 1. The Morgan fingerprint density at radius 1 is 1.23 bits per heavy atom. The molecule has 2 unspecified atom stereocenters. The number of nitrogens with two attached hydrogens (primary N) is 1. The van der Waals surface area contributed by atoms with Crippen LogP contribution in [-0.4, -0.2) is 42.4 Å². The van der Waals surface area contributed by atoms with Gasteiger partial charge in [-0.05, 0) is 24.3 Å². The second kappa shape index (κ2) is 7.00. The molecule has 0 radical (unpaired) electrons. The van der Waals surface area contributed by atoms with Crippen molar-refractivity contribution < 1.29 is 27.4 Å². The highest BCUT2D eigenvalue weighted by Gasteiger charge is 2.62. The lowest BCUT2D eigenvalue weighted by atomic mass is 9.78. The van der Waals surface area contributed by atoms with Gasteiger partial charge in [0, 0.05) is 17.4 Å². The van der Waals surface area contributed by atoms with Gasteiger partial charge in [-0.1, -0.05) is 0 Å². The zero-order valence-corrected chi connectivity index (χ0v) is 15.3. The van der Waals surface area contributed by atoms with Crippen LogP contribution >= 0.6 is 0 Å². The maximum Gasteiger partial charge on any atom is 0.283 e. The van der Waals surface area contributed by atoms with Crippen molar-refractivity contribution in [3.05, 3.63) is 58.9 Å². The van der Waals surface area contributed by atoms with Gasteiger partial charge in [0.05, 0.1) is 18.8 Å². The molecule has 1 aromatic carbocycles. The lowest BCUT2D eigenvalue weighted by Crippen LogP contribution is -2.55. The minimum absolute atomic E-state index is 0.0471. The van der Waals surface area contributed by atoms with Gasteiger partial charge in [-0.15, -0.1) is 0 Å². The van der Waals surface area contributed by atoms with E-state index in [0.29, 0.717) is 0 Å². The van der Waals surface area contributed by atoms with Gasteiger partial charge in [-0.2, -0.15) is 5.26 Å². The lowest BCUT2D eigenvalue weighted by Gasteiger charge is -2.38. The number of aliphatic imine (C=N–C) groups is 1. The number of alkyl halides is 1. The summed E-state index contributed by atoms with van der Waals surface area (Å²) in [5.41, 5.74) is 0.877. The Labute approximate surface area is 168 Å². The van der Waals surface area contributed by atoms with Crippen molar-refractivity contribution in [2.45, 2.75) is 11.2 Å². The summed E-state index contributed by atoms with van der Waals surface area (Å²) >= 11 is 0. The van der Waals surface area contributed by atoms with Crippen molar-refractivity contribution in [1.82, 2.24) is 4.98 Å². The fourth-order valence-corrected chi connectivity index (χ4v) is 3.47. The number of halogens is 3. The third-order valence-corrected chi connectivity index (χ3v) is 4.99. The molecule has 0 aliphatic carbocycles. The number of amidine groups is 1. The van der Waals surface area contributed by atoms with Crippen LogP contribution in [0.1, 0.15) is 21.6 Å².